The quantitative estimate of drug-likeness (QED) is 0.917. The predicted octanol–water partition coefficient (Wildman–Crippen LogP) is 3.48. The van der Waals surface area contributed by atoms with Gasteiger partial charge in [-0.15, -0.1) is 0 Å². The normalized spacial score (nSPS) is 10.2. The van der Waals surface area contributed by atoms with Crippen molar-refractivity contribution in [1.29, 1.82) is 0 Å². The van der Waals surface area contributed by atoms with Crippen LogP contribution in [0.1, 0.15) is 16.7 Å². The van der Waals surface area contributed by atoms with E-state index >= 15 is 0 Å². The molecule has 0 aromatic heterocycles. The van der Waals surface area contributed by atoms with Crippen molar-refractivity contribution in [3.05, 3.63) is 71.0 Å². The Morgan fingerprint density at radius 2 is 1.95 bits per heavy atom. The van der Waals surface area contributed by atoms with Crippen molar-refractivity contribution in [3.63, 3.8) is 0 Å². The van der Waals surface area contributed by atoms with E-state index in [2.05, 4.69) is 5.32 Å². The van der Waals surface area contributed by atoms with Crippen molar-refractivity contribution in [2.45, 2.75) is 20.0 Å². The van der Waals surface area contributed by atoms with Gasteiger partial charge in [-0.3, -0.25) is 0 Å². The summed E-state index contributed by atoms with van der Waals surface area (Å²) in [5.74, 6) is -0.291. The zero-order valence-corrected chi connectivity index (χ0v) is 12.3. The van der Waals surface area contributed by atoms with Gasteiger partial charge in [0, 0.05) is 20.1 Å². The first kappa shape index (κ1) is 15.0. The molecule has 0 saturated carbocycles. The number of nitrogens with zero attached hydrogens (tertiary/aromatic N) is 1. The van der Waals surface area contributed by atoms with E-state index in [0.717, 1.165) is 16.7 Å². The summed E-state index contributed by atoms with van der Waals surface area (Å²) in [5, 5.41) is 2.87. The molecule has 2 aromatic carbocycles. The van der Waals surface area contributed by atoms with Crippen molar-refractivity contribution >= 4 is 6.03 Å². The van der Waals surface area contributed by atoms with Gasteiger partial charge >= 0.3 is 6.03 Å². The SMILES string of the molecule is Cc1ccccc1CNC(=O)N(C)Cc1cccc(F)c1. The lowest BCUT2D eigenvalue weighted by molar-refractivity contribution is 0.206. The fraction of sp³-hybridized carbons (Fsp3) is 0.235. The molecule has 21 heavy (non-hydrogen) atoms. The van der Waals surface area contributed by atoms with Crippen molar-refractivity contribution in [3.8, 4) is 0 Å². The minimum atomic E-state index is -0.291. The second-order valence-electron chi connectivity index (χ2n) is 5.07. The zero-order valence-electron chi connectivity index (χ0n) is 12.3. The van der Waals surface area contributed by atoms with Gasteiger partial charge in [0.15, 0.2) is 0 Å². The highest BCUT2D eigenvalue weighted by molar-refractivity contribution is 5.73. The topological polar surface area (TPSA) is 32.3 Å². The predicted molar refractivity (Wildman–Crippen MR) is 81.3 cm³/mol. The first-order valence-electron chi connectivity index (χ1n) is 6.84. The smallest absolute Gasteiger partial charge is 0.317 e. The number of carbonyl (C=O) groups excluding carboxylic acids is 1. The van der Waals surface area contributed by atoms with Crippen LogP contribution in [0.5, 0.6) is 0 Å². The summed E-state index contributed by atoms with van der Waals surface area (Å²) in [4.78, 5) is 13.6. The molecule has 0 bridgehead atoms. The summed E-state index contributed by atoms with van der Waals surface area (Å²) in [6.45, 7) is 2.87. The number of aryl methyl sites for hydroxylation is 1. The molecule has 3 nitrogen and oxygen atoms in total. The molecule has 0 spiro atoms. The van der Waals surface area contributed by atoms with Crippen LogP contribution in [0, 0.1) is 12.7 Å². The number of urea groups is 1. The Morgan fingerprint density at radius 3 is 2.67 bits per heavy atom. The Balaban J connectivity index is 1.90. The average Bonchev–Trinajstić information content (AvgIpc) is 2.46. The fourth-order valence-corrected chi connectivity index (χ4v) is 2.10. The summed E-state index contributed by atoms with van der Waals surface area (Å²) in [6, 6.07) is 14.0. The average molecular weight is 286 g/mol. The van der Waals surface area contributed by atoms with Crippen LogP contribution < -0.4 is 5.32 Å². The number of benzene rings is 2. The molecule has 0 aliphatic rings. The van der Waals surface area contributed by atoms with Crippen LogP contribution in [-0.2, 0) is 13.1 Å². The van der Waals surface area contributed by atoms with Crippen LogP contribution >= 0.6 is 0 Å². The number of rotatable bonds is 4. The van der Waals surface area contributed by atoms with Gasteiger partial charge in [-0.2, -0.15) is 0 Å². The Hall–Kier alpha value is -2.36. The van der Waals surface area contributed by atoms with Crippen molar-refractivity contribution in [1.82, 2.24) is 10.2 Å². The number of hydrogen-bond donors (Lipinski definition) is 1. The van der Waals surface area contributed by atoms with E-state index in [1.807, 2.05) is 31.2 Å². The van der Waals surface area contributed by atoms with E-state index in [1.54, 1.807) is 19.2 Å². The number of halogens is 1. The molecular formula is C17H19FN2O. The highest BCUT2D eigenvalue weighted by Crippen LogP contribution is 2.08. The van der Waals surface area contributed by atoms with E-state index in [1.165, 1.54) is 17.0 Å². The summed E-state index contributed by atoms with van der Waals surface area (Å²) in [6.07, 6.45) is 0. The van der Waals surface area contributed by atoms with Gasteiger partial charge in [0.2, 0.25) is 0 Å². The van der Waals surface area contributed by atoms with Gasteiger partial charge in [-0.05, 0) is 35.7 Å². The molecule has 0 radical (unpaired) electrons. The van der Waals surface area contributed by atoms with Crippen LogP contribution in [0.25, 0.3) is 0 Å². The summed E-state index contributed by atoms with van der Waals surface area (Å²) < 4.78 is 13.1. The Bertz CT molecular complexity index is 628. The van der Waals surface area contributed by atoms with Crippen molar-refractivity contribution < 1.29 is 9.18 Å². The maximum absolute atomic E-state index is 13.1. The monoisotopic (exact) mass is 286 g/mol. The molecule has 0 fully saturated rings. The molecule has 0 atom stereocenters. The Labute approximate surface area is 124 Å². The molecule has 0 aliphatic carbocycles. The zero-order chi connectivity index (χ0) is 15.2. The highest BCUT2D eigenvalue weighted by Gasteiger charge is 2.09. The summed E-state index contributed by atoms with van der Waals surface area (Å²) in [5.41, 5.74) is 3.00. The molecule has 110 valence electrons. The van der Waals surface area contributed by atoms with Gasteiger partial charge in [-0.1, -0.05) is 36.4 Å². The number of hydrogen-bond acceptors (Lipinski definition) is 1. The van der Waals surface area contributed by atoms with Crippen molar-refractivity contribution in [2.75, 3.05) is 7.05 Å². The molecule has 1 N–H and O–H groups in total. The van der Waals surface area contributed by atoms with Crippen LogP contribution in [0.4, 0.5) is 9.18 Å². The number of amides is 2. The van der Waals surface area contributed by atoms with Crippen LogP contribution in [-0.4, -0.2) is 18.0 Å². The molecule has 0 aliphatic heterocycles. The maximum Gasteiger partial charge on any atom is 0.317 e. The Morgan fingerprint density at radius 1 is 1.19 bits per heavy atom. The molecule has 2 rings (SSSR count). The number of carbonyl (C=O) groups is 1. The molecule has 0 heterocycles. The van der Waals surface area contributed by atoms with Crippen LogP contribution in [0.3, 0.4) is 0 Å². The van der Waals surface area contributed by atoms with E-state index in [0.29, 0.717) is 13.1 Å². The molecule has 2 aromatic rings. The third kappa shape index (κ3) is 4.31. The third-order valence-electron chi connectivity index (χ3n) is 3.35. The second kappa shape index (κ2) is 6.88. The summed E-state index contributed by atoms with van der Waals surface area (Å²) >= 11 is 0. The molecular weight excluding hydrogens is 267 g/mol. The van der Waals surface area contributed by atoms with Gasteiger partial charge in [-0.25, -0.2) is 9.18 Å². The Kier molecular flexibility index (Phi) is 4.93. The highest BCUT2D eigenvalue weighted by atomic mass is 19.1. The van der Waals surface area contributed by atoms with E-state index < -0.39 is 0 Å². The van der Waals surface area contributed by atoms with Crippen LogP contribution in [0.2, 0.25) is 0 Å². The molecule has 4 heteroatoms. The fourth-order valence-electron chi connectivity index (χ4n) is 2.10. The van der Waals surface area contributed by atoms with Gasteiger partial charge in [0.05, 0.1) is 0 Å². The summed E-state index contributed by atoms with van der Waals surface area (Å²) in [7, 11) is 1.69. The van der Waals surface area contributed by atoms with Crippen molar-refractivity contribution in [2.24, 2.45) is 0 Å². The first-order chi connectivity index (χ1) is 10.1. The minimum Gasteiger partial charge on any atom is -0.334 e. The molecule has 0 saturated heterocycles. The maximum atomic E-state index is 13.1. The lowest BCUT2D eigenvalue weighted by Crippen LogP contribution is -2.36. The standard InChI is InChI=1S/C17H19FN2O/c1-13-6-3-4-8-15(13)11-19-17(21)20(2)12-14-7-5-9-16(18)10-14/h3-10H,11-12H2,1-2H3,(H,19,21). The van der Waals surface area contributed by atoms with E-state index in [9.17, 15) is 9.18 Å². The largest absolute Gasteiger partial charge is 0.334 e. The number of nitrogens with one attached hydrogen (secondary N) is 1. The molecule has 2 amide bonds. The van der Waals surface area contributed by atoms with E-state index in [4.69, 9.17) is 0 Å². The minimum absolute atomic E-state index is 0.178. The lowest BCUT2D eigenvalue weighted by Gasteiger charge is -2.18. The van der Waals surface area contributed by atoms with Gasteiger partial charge < -0.3 is 10.2 Å². The first-order valence-corrected chi connectivity index (χ1v) is 6.84. The second-order valence-corrected chi connectivity index (χ2v) is 5.07. The van der Waals surface area contributed by atoms with Crippen LogP contribution in [0.15, 0.2) is 48.5 Å². The van der Waals surface area contributed by atoms with Gasteiger partial charge in [0.1, 0.15) is 5.82 Å². The van der Waals surface area contributed by atoms with E-state index in [-0.39, 0.29) is 11.8 Å². The third-order valence-corrected chi connectivity index (χ3v) is 3.35. The van der Waals surface area contributed by atoms with Gasteiger partial charge in [0.25, 0.3) is 0 Å². The molecule has 0 unspecified atom stereocenters. The lowest BCUT2D eigenvalue weighted by atomic mass is 10.1.